The van der Waals surface area contributed by atoms with Gasteiger partial charge >= 0.3 is 0 Å². The molecule has 2 aliphatic heterocycles. The summed E-state index contributed by atoms with van der Waals surface area (Å²) in [7, 11) is -1.80. The van der Waals surface area contributed by atoms with Gasteiger partial charge in [0.05, 0.1) is 10.5 Å². The van der Waals surface area contributed by atoms with Gasteiger partial charge in [-0.15, -0.1) is 10.2 Å². The van der Waals surface area contributed by atoms with Gasteiger partial charge in [0, 0.05) is 36.9 Å². The molecule has 0 bridgehead atoms. The molecule has 0 aliphatic carbocycles. The van der Waals surface area contributed by atoms with Crippen LogP contribution < -0.4 is 10.0 Å². The van der Waals surface area contributed by atoms with Crippen molar-refractivity contribution in [2.45, 2.75) is 29.8 Å². The fourth-order valence-electron chi connectivity index (χ4n) is 4.71. The second-order valence-corrected chi connectivity index (χ2v) is 9.28. The lowest BCUT2D eigenvalue weighted by Crippen LogP contribution is -2.35. The SMILES string of the molecule is CN1CCC2C1CCN2c1ccc(-c2cccc(S(N)(=O)=O)c2-c2nn[nH]n2)cn1. The van der Waals surface area contributed by atoms with Gasteiger partial charge in [0.15, 0.2) is 0 Å². The van der Waals surface area contributed by atoms with Gasteiger partial charge in [-0.2, -0.15) is 5.21 Å². The molecule has 0 radical (unpaired) electrons. The molecule has 2 aromatic heterocycles. The van der Waals surface area contributed by atoms with Gasteiger partial charge in [-0.3, -0.25) is 0 Å². The summed E-state index contributed by atoms with van der Waals surface area (Å²) in [4.78, 5) is 9.44. The van der Waals surface area contributed by atoms with Crippen molar-refractivity contribution in [2.24, 2.45) is 5.14 Å². The molecule has 11 heteroatoms. The zero-order chi connectivity index (χ0) is 20.9. The van der Waals surface area contributed by atoms with Gasteiger partial charge in [0.2, 0.25) is 15.8 Å². The Bertz CT molecular complexity index is 1160. The summed E-state index contributed by atoms with van der Waals surface area (Å²) in [5.74, 6) is 1.10. The molecule has 2 unspecified atom stereocenters. The van der Waals surface area contributed by atoms with E-state index >= 15 is 0 Å². The molecular formula is C19H22N8O2S. The third-order valence-corrected chi connectivity index (χ3v) is 7.06. The summed E-state index contributed by atoms with van der Waals surface area (Å²) >= 11 is 0. The highest BCUT2D eigenvalue weighted by molar-refractivity contribution is 7.89. The van der Waals surface area contributed by atoms with Crippen LogP contribution in [0.5, 0.6) is 0 Å². The number of tetrazole rings is 1. The van der Waals surface area contributed by atoms with Crippen LogP contribution in [0.1, 0.15) is 12.8 Å². The third kappa shape index (κ3) is 3.15. The third-order valence-electron chi connectivity index (χ3n) is 6.11. The van der Waals surface area contributed by atoms with Gasteiger partial charge < -0.3 is 9.80 Å². The summed E-state index contributed by atoms with van der Waals surface area (Å²) in [5, 5.41) is 19.3. The van der Waals surface area contributed by atoms with Crippen LogP contribution in [0.3, 0.4) is 0 Å². The van der Waals surface area contributed by atoms with E-state index in [4.69, 9.17) is 10.1 Å². The maximum Gasteiger partial charge on any atom is 0.238 e. The number of sulfonamides is 1. The van der Waals surface area contributed by atoms with Gasteiger partial charge in [0.25, 0.3) is 0 Å². The summed E-state index contributed by atoms with van der Waals surface area (Å²) in [6.45, 7) is 2.10. The largest absolute Gasteiger partial charge is 0.352 e. The molecule has 3 N–H and O–H groups in total. The molecule has 2 saturated heterocycles. The maximum atomic E-state index is 12.2. The number of nitrogens with zero attached hydrogens (tertiary/aromatic N) is 6. The minimum atomic E-state index is -3.98. The average molecular weight is 427 g/mol. The number of nitrogens with one attached hydrogen (secondary N) is 1. The Hall–Kier alpha value is -2.89. The lowest BCUT2D eigenvalue weighted by atomic mass is 10.0. The lowest BCUT2D eigenvalue weighted by molar-refractivity contribution is 0.311. The van der Waals surface area contributed by atoms with E-state index in [0.717, 1.165) is 37.3 Å². The number of aromatic nitrogens is 5. The van der Waals surface area contributed by atoms with Crippen molar-refractivity contribution >= 4 is 15.8 Å². The fraction of sp³-hybridized carbons (Fsp3) is 0.368. The minimum Gasteiger partial charge on any atom is -0.352 e. The topological polar surface area (TPSA) is 134 Å². The Balaban J connectivity index is 1.54. The first-order valence-electron chi connectivity index (χ1n) is 9.76. The van der Waals surface area contributed by atoms with Crippen LogP contribution in [-0.2, 0) is 10.0 Å². The van der Waals surface area contributed by atoms with Crippen LogP contribution >= 0.6 is 0 Å². The smallest absolute Gasteiger partial charge is 0.238 e. The van der Waals surface area contributed by atoms with Crippen molar-refractivity contribution in [3.05, 3.63) is 36.5 Å². The number of hydrogen-bond donors (Lipinski definition) is 2. The van der Waals surface area contributed by atoms with E-state index in [9.17, 15) is 8.42 Å². The molecule has 2 aliphatic rings. The zero-order valence-corrected chi connectivity index (χ0v) is 17.2. The summed E-state index contributed by atoms with van der Waals surface area (Å²) < 4.78 is 24.3. The predicted molar refractivity (Wildman–Crippen MR) is 111 cm³/mol. The Kier molecular flexibility index (Phi) is 4.53. The number of aromatic amines is 1. The number of primary sulfonamides is 1. The van der Waals surface area contributed by atoms with E-state index in [-0.39, 0.29) is 10.7 Å². The molecule has 0 spiro atoms. The highest BCUT2D eigenvalue weighted by atomic mass is 32.2. The average Bonchev–Trinajstić information content (AvgIpc) is 3.47. The lowest BCUT2D eigenvalue weighted by Gasteiger charge is -2.25. The van der Waals surface area contributed by atoms with Crippen LogP contribution in [0.4, 0.5) is 5.82 Å². The van der Waals surface area contributed by atoms with Gasteiger partial charge in [-0.1, -0.05) is 12.1 Å². The number of likely N-dealkylation sites (tertiary alicyclic amines) is 1. The Labute approximate surface area is 174 Å². The molecule has 30 heavy (non-hydrogen) atoms. The number of benzene rings is 1. The van der Waals surface area contributed by atoms with Crippen molar-refractivity contribution < 1.29 is 8.42 Å². The second kappa shape index (κ2) is 7.11. The van der Waals surface area contributed by atoms with Crippen LogP contribution in [-0.4, -0.2) is 71.1 Å². The number of fused-ring (bicyclic) bond motifs is 1. The first-order valence-corrected chi connectivity index (χ1v) is 11.3. The first kappa shape index (κ1) is 19.1. The molecule has 156 valence electrons. The van der Waals surface area contributed by atoms with Crippen molar-refractivity contribution in [1.82, 2.24) is 30.5 Å². The van der Waals surface area contributed by atoms with Gasteiger partial charge in [-0.25, -0.2) is 18.5 Å². The van der Waals surface area contributed by atoms with E-state index in [1.807, 2.05) is 12.1 Å². The number of rotatable bonds is 4. The summed E-state index contributed by atoms with van der Waals surface area (Å²) in [6, 6.07) is 9.89. The molecule has 2 fully saturated rings. The first-order chi connectivity index (χ1) is 14.4. The van der Waals surface area contributed by atoms with Crippen molar-refractivity contribution in [3.8, 4) is 22.5 Å². The highest BCUT2D eigenvalue weighted by Gasteiger charge is 2.41. The Morgan fingerprint density at radius 3 is 2.67 bits per heavy atom. The van der Waals surface area contributed by atoms with E-state index in [1.54, 1.807) is 18.3 Å². The van der Waals surface area contributed by atoms with E-state index < -0.39 is 10.0 Å². The molecule has 10 nitrogen and oxygen atoms in total. The number of H-pyrrole nitrogens is 1. The maximum absolute atomic E-state index is 12.2. The predicted octanol–water partition coefficient (Wildman–Crippen LogP) is 0.859. The second-order valence-electron chi connectivity index (χ2n) is 7.75. The molecule has 5 rings (SSSR count). The molecular weight excluding hydrogens is 404 g/mol. The molecule has 4 heterocycles. The number of hydrogen-bond acceptors (Lipinski definition) is 8. The number of pyridine rings is 1. The summed E-state index contributed by atoms with van der Waals surface area (Å²) in [6.07, 6.45) is 4.04. The fourth-order valence-corrected chi connectivity index (χ4v) is 5.46. The van der Waals surface area contributed by atoms with E-state index in [0.29, 0.717) is 23.2 Å². The van der Waals surface area contributed by atoms with Crippen LogP contribution in [0.2, 0.25) is 0 Å². The van der Waals surface area contributed by atoms with Crippen molar-refractivity contribution in [1.29, 1.82) is 0 Å². The Morgan fingerprint density at radius 2 is 1.97 bits per heavy atom. The van der Waals surface area contributed by atoms with E-state index in [1.165, 1.54) is 6.07 Å². The quantitative estimate of drug-likeness (QED) is 0.627. The van der Waals surface area contributed by atoms with Crippen LogP contribution in [0.15, 0.2) is 41.4 Å². The van der Waals surface area contributed by atoms with Crippen molar-refractivity contribution in [2.75, 3.05) is 25.0 Å². The molecule has 1 aromatic carbocycles. The Morgan fingerprint density at radius 1 is 1.13 bits per heavy atom. The van der Waals surface area contributed by atoms with Crippen LogP contribution in [0, 0.1) is 0 Å². The standard InChI is InChI=1S/C19H22N8O2S/c1-26-9-7-15-14(26)8-10-27(15)17-6-5-12(11-21-17)13-3-2-4-16(30(20,28)29)18(13)19-22-24-25-23-19/h2-6,11,14-15H,7-10H2,1H3,(H2,20,28,29)(H,22,23,24,25). The monoisotopic (exact) mass is 426 g/mol. The summed E-state index contributed by atoms with van der Waals surface area (Å²) in [5.41, 5.74) is 1.69. The van der Waals surface area contributed by atoms with Gasteiger partial charge in [-0.05, 0) is 48.9 Å². The zero-order valence-electron chi connectivity index (χ0n) is 16.4. The number of anilines is 1. The molecule has 0 amide bonds. The van der Waals surface area contributed by atoms with E-state index in [2.05, 4.69) is 37.5 Å². The number of nitrogens with two attached hydrogens (primary N) is 1. The molecule has 3 aromatic rings. The minimum absolute atomic E-state index is 0.0538. The number of likely N-dealkylation sites (N-methyl/N-ethyl adjacent to an activating group) is 1. The van der Waals surface area contributed by atoms with Crippen LogP contribution in [0.25, 0.3) is 22.5 Å². The van der Waals surface area contributed by atoms with Gasteiger partial charge in [0.1, 0.15) is 5.82 Å². The normalized spacial score (nSPS) is 21.9. The molecule has 2 atom stereocenters. The highest BCUT2D eigenvalue weighted by Crippen LogP contribution is 2.37. The van der Waals surface area contributed by atoms with Crippen molar-refractivity contribution in [3.63, 3.8) is 0 Å². The molecule has 0 saturated carbocycles.